The van der Waals surface area contributed by atoms with Crippen molar-refractivity contribution in [1.82, 2.24) is 20.6 Å². The molecule has 0 fully saturated rings. The zero-order valence-electron chi connectivity index (χ0n) is 11.8. The molecule has 0 aliphatic rings. The molecule has 112 valence electrons. The number of amides is 2. The second-order valence-electron chi connectivity index (χ2n) is 4.65. The van der Waals surface area contributed by atoms with Gasteiger partial charge in [-0.2, -0.15) is 0 Å². The van der Waals surface area contributed by atoms with Crippen LogP contribution in [0.4, 0.5) is 0 Å². The van der Waals surface area contributed by atoms with E-state index in [2.05, 4.69) is 20.6 Å². The SMILES string of the molecule is CNC(=O)CNC(=O)c1ccc(-c2cc3[nH]ccc3cn2)o1. The van der Waals surface area contributed by atoms with Gasteiger partial charge in [-0.15, -0.1) is 0 Å². The molecule has 3 N–H and O–H groups in total. The number of aromatic nitrogens is 2. The summed E-state index contributed by atoms with van der Waals surface area (Å²) in [6.45, 7) is -0.0992. The summed E-state index contributed by atoms with van der Waals surface area (Å²) in [4.78, 5) is 30.4. The van der Waals surface area contributed by atoms with Gasteiger partial charge in [-0.25, -0.2) is 0 Å². The lowest BCUT2D eigenvalue weighted by molar-refractivity contribution is -0.119. The minimum Gasteiger partial charge on any atom is -0.449 e. The molecule has 0 aromatic carbocycles. The van der Waals surface area contributed by atoms with E-state index in [9.17, 15) is 9.59 Å². The maximum atomic E-state index is 11.9. The van der Waals surface area contributed by atoms with Crippen LogP contribution in [0, 0.1) is 0 Å². The third kappa shape index (κ3) is 2.69. The van der Waals surface area contributed by atoms with Crippen LogP contribution in [0.15, 0.2) is 41.1 Å². The highest BCUT2D eigenvalue weighted by molar-refractivity contribution is 5.94. The number of rotatable bonds is 4. The molecule has 0 aliphatic carbocycles. The van der Waals surface area contributed by atoms with Gasteiger partial charge in [0, 0.05) is 30.3 Å². The van der Waals surface area contributed by atoms with Crippen molar-refractivity contribution in [2.45, 2.75) is 0 Å². The van der Waals surface area contributed by atoms with Gasteiger partial charge in [0.05, 0.1) is 6.54 Å². The summed E-state index contributed by atoms with van der Waals surface area (Å²) in [7, 11) is 1.50. The van der Waals surface area contributed by atoms with Crippen molar-refractivity contribution in [3.63, 3.8) is 0 Å². The summed E-state index contributed by atoms with van der Waals surface area (Å²) in [5.41, 5.74) is 1.56. The molecule has 3 rings (SSSR count). The Morgan fingerprint density at radius 1 is 1.32 bits per heavy atom. The highest BCUT2D eigenvalue weighted by Crippen LogP contribution is 2.23. The summed E-state index contributed by atoms with van der Waals surface area (Å²) in [6, 6.07) is 6.99. The van der Waals surface area contributed by atoms with Crippen molar-refractivity contribution in [2.24, 2.45) is 0 Å². The summed E-state index contributed by atoms with van der Waals surface area (Å²) in [5.74, 6) is -0.108. The Morgan fingerprint density at radius 2 is 2.18 bits per heavy atom. The molecule has 3 aromatic rings. The van der Waals surface area contributed by atoms with Crippen LogP contribution in [-0.2, 0) is 4.79 Å². The Bertz CT molecular complexity index is 834. The van der Waals surface area contributed by atoms with Crippen LogP contribution < -0.4 is 10.6 Å². The van der Waals surface area contributed by atoms with E-state index in [0.29, 0.717) is 11.5 Å². The molecule has 0 radical (unpaired) electrons. The van der Waals surface area contributed by atoms with E-state index in [4.69, 9.17) is 4.42 Å². The first-order valence-corrected chi connectivity index (χ1v) is 6.69. The lowest BCUT2D eigenvalue weighted by Crippen LogP contribution is -2.34. The van der Waals surface area contributed by atoms with Crippen LogP contribution in [0.2, 0.25) is 0 Å². The molecule has 0 bridgehead atoms. The third-order valence-electron chi connectivity index (χ3n) is 3.21. The number of furan rings is 1. The third-order valence-corrected chi connectivity index (χ3v) is 3.21. The number of fused-ring (bicyclic) bond motifs is 1. The average molecular weight is 298 g/mol. The number of aromatic amines is 1. The molecule has 2 amide bonds. The molecule has 0 saturated carbocycles. The van der Waals surface area contributed by atoms with Gasteiger partial charge in [0.15, 0.2) is 11.5 Å². The highest BCUT2D eigenvalue weighted by atomic mass is 16.4. The second kappa shape index (κ2) is 5.72. The number of H-pyrrole nitrogens is 1. The predicted octanol–water partition coefficient (Wildman–Crippen LogP) is 1.30. The smallest absolute Gasteiger partial charge is 0.287 e. The molecule has 7 heteroatoms. The molecule has 3 aromatic heterocycles. The van der Waals surface area contributed by atoms with E-state index >= 15 is 0 Å². The zero-order valence-corrected chi connectivity index (χ0v) is 11.8. The fourth-order valence-electron chi connectivity index (χ4n) is 2.01. The van der Waals surface area contributed by atoms with Crippen LogP contribution in [0.25, 0.3) is 22.4 Å². The summed E-state index contributed by atoms with van der Waals surface area (Å²) >= 11 is 0. The Morgan fingerprint density at radius 3 is 3.00 bits per heavy atom. The minimum atomic E-state index is -0.448. The molecule has 0 saturated heterocycles. The number of likely N-dealkylation sites (N-methyl/N-ethyl adjacent to an activating group) is 1. The molecule has 0 atom stereocenters. The van der Waals surface area contributed by atoms with Crippen molar-refractivity contribution in [3.8, 4) is 11.5 Å². The van der Waals surface area contributed by atoms with E-state index in [1.807, 2.05) is 18.3 Å². The van der Waals surface area contributed by atoms with Gasteiger partial charge in [-0.05, 0) is 24.3 Å². The number of pyridine rings is 1. The first-order chi connectivity index (χ1) is 10.7. The van der Waals surface area contributed by atoms with Crippen molar-refractivity contribution in [1.29, 1.82) is 0 Å². The van der Waals surface area contributed by atoms with Crippen LogP contribution in [0.5, 0.6) is 0 Å². The van der Waals surface area contributed by atoms with E-state index in [1.54, 1.807) is 18.3 Å². The average Bonchev–Trinajstić information content (AvgIpc) is 3.20. The van der Waals surface area contributed by atoms with Gasteiger partial charge < -0.3 is 20.0 Å². The number of hydrogen-bond donors (Lipinski definition) is 3. The van der Waals surface area contributed by atoms with Crippen molar-refractivity contribution in [3.05, 3.63) is 42.4 Å². The molecular formula is C15H14N4O3. The van der Waals surface area contributed by atoms with E-state index in [0.717, 1.165) is 10.9 Å². The number of nitrogens with zero attached hydrogens (tertiary/aromatic N) is 1. The Hall–Kier alpha value is -3.09. The Balaban J connectivity index is 1.77. The first kappa shape index (κ1) is 13.9. The Kier molecular flexibility index (Phi) is 3.61. The van der Waals surface area contributed by atoms with E-state index in [-0.39, 0.29) is 18.2 Å². The second-order valence-corrected chi connectivity index (χ2v) is 4.65. The van der Waals surface area contributed by atoms with E-state index < -0.39 is 5.91 Å². The number of carbonyl (C=O) groups is 2. The lowest BCUT2D eigenvalue weighted by atomic mass is 10.2. The Labute approximate surface area is 125 Å². The van der Waals surface area contributed by atoms with Crippen molar-refractivity contribution >= 4 is 22.7 Å². The van der Waals surface area contributed by atoms with Crippen LogP contribution in [0.3, 0.4) is 0 Å². The molecule has 22 heavy (non-hydrogen) atoms. The maximum absolute atomic E-state index is 11.9. The number of carbonyl (C=O) groups excluding carboxylic acids is 2. The van der Waals surface area contributed by atoms with Gasteiger partial charge in [0.1, 0.15) is 5.69 Å². The summed E-state index contributed by atoms with van der Waals surface area (Å²) in [6.07, 6.45) is 3.56. The number of hydrogen-bond acceptors (Lipinski definition) is 4. The minimum absolute atomic E-state index is 0.0992. The van der Waals surface area contributed by atoms with Gasteiger partial charge in [-0.3, -0.25) is 14.6 Å². The maximum Gasteiger partial charge on any atom is 0.287 e. The largest absolute Gasteiger partial charge is 0.449 e. The predicted molar refractivity (Wildman–Crippen MR) is 80.2 cm³/mol. The standard InChI is InChI=1S/C15H14N4O3/c1-16-14(20)8-19-15(21)13-3-2-12(22-13)11-6-10-9(7-18-11)4-5-17-10/h2-7,17H,8H2,1H3,(H,16,20)(H,19,21). The molecule has 3 heterocycles. The van der Waals surface area contributed by atoms with Gasteiger partial charge in [0.25, 0.3) is 5.91 Å². The first-order valence-electron chi connectivity index (χ1n) is 6.69. The lowest BCUT2D eigenvalue weighted by Gasteiger charge is -2.01. The van der Waals surface area contributed by atoms with Crippen LogP contribution in [0.1, 0.15) is 10.6 Å². The quantitative estimate of drug-likeness (QED) is 0.676. The van der Waals surface area contributed by atoms with Gasteiger partial charge >= 0.3 is 0 Å². The van der Waals surface area contributed by atoms with Gasteiger partial charge in [-0.1, -0.05) is 0 Å². The molecular weight excluding hydrogens is 284 g/mol. The molecule has 0 spiro atoms. The topological polar surface area (TPSA) is 100 Å². The molecule has 0 aliphatic heterocycles. The zero-order chi connectivity index (χ0) is 15.5. The molecule has 7 nitrogen and oxygen atoms in total. The monoisotopic (exact) mass is 298 g/mol. The van der Waals surface area contributed by atoms with Crippen molar-refractivity contribution < 1.29 is 14.0 Å². The van der Waals surface area contributed by atoms with Crippen LogP contribution >= 0.6 is 0 Å². The van der Waals surface area contributed by atoms with Crippen LogP contribution in [-0.4, -0.2) is 35.4 Å². The van der Waals surface area contributed by atoms with Gasteiger partial charge in [0.2, 0.25) is 5.91 Å². The van der Waals surface area contributed by atoms with E-state index in [1.165, 1.54) is 7.05 Å². The normalized spacial score (nSPS) is 10.6. The number of nitrogens with one attached hydrogen (secondary N) is 3. The molecule has 0 unspecified atom stereocenters. The highest BCUT2D eigenvalue weighted by Gasteiger charge is 2.14. The summed E-state index contributed by atoms with van der Waals surface area (Å²) in [5, 5.41) is 5.89. The van der Waals surface area contributed by atoms with Crippen molar-refractivity contribution in [2.75, 3.05) is 13.6 Å². The fraction of sp³-hybridized carbons (Fsp3) is 0.133. The summed E-state index contributed by atoms with van der Waals surface area (Å²) < 4.78 is 5.50. The fourth-order valence-corrected chi connectivity index (χ4v) is 2.01.